The van der Waals surface area contributed by atoms with E-state index in [1.807, 2.05) is 0 Å². The Morgan fingerprint density at radius 3 is 2.77 bits per heavy atom. The molecule has 0 radical (unpaired) electrons. The van der Waals surface area contributed by atoms with Crippen molar-refractivity contribution in [2.24, 2.45) is 0 Å². The van der Waals surface area contributed by atoms with E-state index in [0.29, 0.717) is 5.56 Å². The van der Waals surface area contributed by atoms with Gasteiger partial charge in [-0.3, -0.25) is 0 Å². The third-order valence-electron chi connectivity index (χ3n) is 1.40. The maximum absolute atomic E-state index is 10.2. The van der Waals surface area contributed by atoms with Gasteiger partial charge in [0.1, 0.15) is 5.75 Å². The summed E-state index contributed by atoms with van der Waals surface area (Å²) in [5.74, 6) is -0.986. The zero-order valence-corrected chi connectivity index (χ0v) is 8.15. The van der Waals surface area contributed by atoms with Gasteiger partial charge in [-0.25, -0.2) is 4.79 Å². The molecule has 1 aromatic rings. The number of aromatic hydroxyl groups is 1. The molecule has 0 fully saturated rings. The Kier molecular flexibility index (Phi) is 3.08. The molecule has 0 saturated heterocycles. The van der Waals surface area contributed by atoms with Gasteiger partial charge < -0.3 is 10.2 Å². The van der Waals surface area contributed by atoms with Crippen LogP contribution in [-0.2, 0) is 4.79 Å². The summed E-state index contributed by atoms with van der Waals surface area (Å²) in [7, 11) is 0. The Bertz CT molecular complexity index is 358. The van der Waals surface area contributed by atoms with E-state index in [9.17, 15) is 9.90 Å². The highest BCUT2D eigenvalue weighted by atomic mass is 79.9. The van der Waals surface area contributed by atoms with E-state index < -0.39 is 5.97 Å². The second-order valence-electron chi connectivity index (χ2n) is 2.37. The zero-order chi connectivity index (χ0) is 9.84. The van der Waals surface area contributed by atoms with Crippen LogP contribution in [0.25, 0.3) is 6.08 Å². The topological polar surface area (TPSA) is 57.5 Å². The molecule has 1 aromatic carbocycles. The Morgan fingerprint density at radius 2 is 2.15 bits per heavy atom. The molecule has 0 spiro atoms. The van der Waals surface area contributed by atoms with E-state index >= 15 is 0 Å². The number of rotatable bonds is 2. The van der Waals surface area contributed by atoms with Gasteiger partial charge in [0.05, 0.1) is 0 Å². The van der Waals surface area contributed by atoms with Gasteiger partial charge in [-0.1, -0.05) is 15.9 Å². The van der Waals surface area contributed by atoms with Crippen LogP contribution in [0.3, 0.4) is 0 Å². The number of phenols is 1. The van der Waals surface area contributed by atoms with Crippen LogP contribution in [0.4, 0.5) is 0 Å². The molecule has 0 heterocycles. The zero-order valence-electron chi connectivity index (χ0n) is 6.57. The van der Waals surface area contributed by atoms with Crippen LogP contribution in [0.2, 0.25) is 0 Å². The quantitative estimate of drug-likeness (QED) is 0.783. The van der Waals surface area contributed by atoms with E-state index in [1.54, 1.807) is 12.1 Å². The van der Waals surface area contributed by atoms with Crippen LogP contribution >= 0.6 is 15.9 Å². The Morgan fingerprint density at radius 1 is 1.46 bits per heavy atom. The fourth-order valence-corrected chi connectivity index (χ4v) is 1.20. The summed E-state index contributed by atoms with van der Waals surface area (Å²) in [6.07, 6.45) is 2.31. The Balaban J connectivity index is 3.00. The highest BCUT2D eigenvalue weighted by Gasteiger charge is 1.98. The monoisotopic (exact) mass is 242 g/mol. The number of carboxylic acid groups (broad SMARTS) is 1. The Labute approximate surface area is 83.5 Å². The fourth-order valence-electron chi connectivity index (χ4n) is 0.820. The normalized spacial score (nSPS) is 10.5. The van der Waals surface area contributed by atoms with Crippen molar-refractivity contribution in [2.75, 3.05) is 0 Å². The molecule has 0 bridgehead atoms. The molecule has 0 amide bonds. The van der Waals surface area contributed by atoms with Crippen molar-refractivity contribution in [3.05, 3.63) is 34.3 Å². The molecular weight excluding hydrogens is 236 g/mol. The molecule has 0 aliphatic carbocycles. The van der Waals surface area contributed by atoms with Crippen molar-refractivity contribution < 1.29 is 15.0 Å². The lowest BCUT2D eigenvalue weighted by Gasteiger charge is -1.98. The van der Waals surface area contributed by atoms with E-state index in [0.717, 1.165) is 10.5 Å². The summed E-state index contributed by atoms with van der Waals surface area (Å²) in [6.45, 7) is 0. The van der Waals surface area contributed by atoms with Crippen LogP contribution in [0, 0.1) is 0 Å². The van der Waals surface area contributed by atoms with Crippen LogP contribution in [0.15, 0.2) is 28.7 Å². The van der Waals surface area contributed by atoms with Gasteiger partial charge in [-0.2, -0.15) is 0 Å². The SMILES string of the molecule is O=C(O)/C=C/c1cc(Br)ccc1O. The van der Waals surface area contributed by atoms with Crippen LogP contribution in [0.1, 0.15) is 5.56 Å². The predicted molar refractivity (Wildman–Crippen MR) is 52.5 cm³/mol. The van der Waals surface area contributed by atoms with E-state index in [-0.39, 0.29) is 5.75 Å². The molecule has 2 N–H and O–H groups in total. The molecule has 13 heavy (non-hydrogen) atoms. The highest BCUT2D eigenvalue weighted by Crippen LogP contribution is 2.22. The van der Waals surface area contributed by atoms with Crippen molar-refractivity contribution in [3.8, 4) is 5.75 Å². The number of carboxylic acids is 1. The number of halogens is 1. The van der Waals surface area contributed by atoms with Crippen molar-refractivity contribution >= 4 is 28.0 Å². The minimum absolute atomic E-state index is 0.0562. The number of carbonyl (C=O) groups is 1. The van der Waals surface area contributed by atoms with Gasteiger partial charge in [0.25, 0.3) is 0 Å². The number of hydrogen-bond acceptors (Lipinski definition) is 2. The average molecular weight is 243 g/mol. The van der Waals surface area contributed by atoms with Crippen molar-refractivity contribution in [1.29, 1.82) is 0 Å². The third-order valence-corrected chi connectivity index (χ3v) is 1.89. The molecule has 0 aliphatic heterocycles. The largest absolute Gasteiger partial charge is 0.507 e. The number of aliphatic carboxylic acids is 1. The molecule has 1 rings (SSSR count). The van der Waals surface area contributed by atoms with Gasteiger partial charge in [-0.15, -0.1) is 0 Å². The van der Waals surface area contributed by atoms with Crippen LogP contribution in [-0.4, -0.2) is 16.2 Å². The summed E-state index contributed by atoms with van der Waals surface area (Å²) < 4.78 is 0.787. The lowest BCUT2D eigenvalue weighted by molar-refractivity contribution is -0.131. The minimum Gasteiger partial charge on any atom is -0.507 e. The maximum atomic E-state index is 10.2. The molecule has 0 unspecified atom stereocenters. The van der Waals surface area contributed by atoms with Crippen molar-refractivity contribution in [1.82, 2.24) is 0 Å². The molecule has 4 heteroatoms. The highest BCUT2D eigenvalue weighted by molar-refractivity contribution is 9.10. The smallest absolute Gasteiger partial charge is 0.328 e. The first-order valence-electron chi connectivity index (χ1n) is 3.49. The lowest BCUT2D eigenvalue weighted by atomic mass is 10.2. The van der Waals surface area contributed by atoms with E-state index in [1.165, 1.54) is 12.1 Å². The predicted octanol–water partition coefficient (Wildman–Crippen LogP) is 2.25. The third kappa shape index (κ3) is 2.91. The first kappa shape index (κ1) is 9.80. The molecule has 0 aromatic heterocycles. The Hall–Kier alpha value is -1.29. The van der Waals surface area contributed by atoms with Gasteiger partial charge in [0.15, 0.2) is 0 Å². The van der Waals surface area contributed by atoms with Crippen molar-refractivity contribution in [2.45, 2.75) is 0 Å². The second-order valence-corrected chi connectivity index (χ2v) is 3.29. The summed E-state index contributed by atoms with van der Waals surface area (Å²) in [4.78, 5) is 10.2. The van der Waals surface area contributed by atoms with Crippen LogP contribution < -0.4 is 0 Å². The number of benzene rings is 1. The molecule has 0 aliphatic rings. The van der Waals surface area contributed by atoms with Gasteiger partial charge in [0, 0.05) is 16.1 Å². The van der Waals surface area contributed by atoms with Gasteiger partial charge >= 0.3 is 5.97 Å². The summed E-state index contributed by atoms with van der Waals surface area (Å²) >= 11 is 3.21. The maximum Gasteiger partial charge on any atom is 0.328 e. The van der Waals surface area contributed by atoms with Gasteiger partial charge in [0.2, 0.25) is 0 Å². The molecule has 0 saturated carbocycles. The molecule has 0 atom stereocenters. The summed E-state index contributed by atoms with van der Waals surface area (Å²) in [6, 6.07) is 4.80. The number of hydrogen-bond donors (Lipinski definition) is 2. The minimum atomic E-state index is -1.04. The molecule has 68 valence electrons. The summed E-state index contributed by atoms with van der Waals surface area (Å²) in [5, 5.41) is 17.6. The van der Waals surface area contributed by atoms with E-state index in [2.05, 4.69) is 15.9 Å². The first-order valence-corrected chi connectivity index (χ1v) is 4.28. The molecular formula is C9H7BrO3. The number of phenolic OH excluding ortho intramolecular Hbond substituents is 1. The van der Waals surface area contributed by atoms with Crippen LogP contribution in [0.5, 0.6) is 5.75 Å². The van der Waals surface area contributed by atoms with Gasteiger partial charge in [-0.05, 0) is 24.3 Å². The standard InChI is InChI=1S/C9H7BrO3/c10-7-2-3-8(11)6(5-7)1-4-9(12)13/h1-5,11H,(H,12,13)/b4-1+. The van der Waals surface area contributed by atoms with Crippen molar-refractivity contribution in [3.63, 3.8) is 0 Å². The lowest BCUT2D eigenvalue weighted by Crippen LogP contribution is -1.85. The molecule has 3 nitrogen and oxygen atoms in total. The average Bonchev–Trinajstić information content (AvgIpc) is 2.06. The fraction of sp³-hybridized carbons (Fsp3) is 0. The second kappa shape index (κ2) is 4.09. The summed E-state index contributed by atoms with van der Waals surface area (Å²) in [5.41, 5.74) is 0.469. The first-order chi connectivity index (χ1) is 6.09. The van der Waals surface area contributed by atoms with E-state index in [4.69, 9.17) is 5.11 Å².